The van der Waals surface area contributed by atoms with E-state index in [0.717, 1.165) is 23.8 Å². The summed E-state index contributed by atoms with van der Waals surface area (Å²) in [6.07, 6.45) is -13.1. The molecule has 2 fully saturated rings. The summed E-state index contributed by atoms with van der Waals surface area (Å²) in [6.45, 7) is -0.656. The van der Waals surface area contributed by atoms with Gasteiger partial charge in [-0.25, -0.2) is 13.9 Å². The second-order valence-electron chi connectivity index (χ2n) is 8.65. The third kappa shape index (κ3) is 8.28. The number of rotatable bonds is 11. The van der Waals surface area contributed by atoms with E-state index >= 15 is 0 Å². The van der Waals surface area contributed by atoms with Crippen LogP contribution in [0.25, 0.3) is 10.4 Å². The Balaban J connectivity index is 1.68. The summed E-state index contributed by atoms with van der Waals surface area (Å²) in [5.41, 5.74) is 6.72. The molecule has 2 saturated heterocycles. The van der Waals surface area contributed by atoms with Crippen LogP contribution < -0.4 is 16.6 Å². The van der Waals surface area contributed by atoms with E-state index in [-0.39, 0.29) is 0 Å². The highest BCUT2D eigenvalue weighted by Crippen LogP contribution is 2.61. The van der Waals surface area contributed by atoms with Gasteiger partial charge in [0.25, 0.3) is 5.56 Å². The molecule has 3 heterocycles. The van der Waals surface area contributed by atoms with E-state index in [2.05, 4.69) is 24.2 Å². The molecule has 1 amide bonds. The third-order valence-corrected chi connectivity index (χ3v) is 8.30. The largest absolute Gasteiger partial charge is 0.483 e. The van der Waals surface area contributed by atoms with Gasteiger partial charge in [-0.2, -0.15) is 4.31 Å². The standard InChI is InChI=1S/C17H26N6O16P2/c1-6(24)20-10-13(28)11(26)7(4-19-22-18)37-16(10)38-41(33,34)39-40(31,32)35-5-8-12(27)14(29)15(36-8)23-3-2-9(25)21-17(23)30/h2-3,7-8,10-16,26-29H,4-5H2,1H3,(H,20,24)(H,31,32)(H,33,34)(H,21,25,30)/t7?,8-,10?,11?,12?,13?,14+,15-,16?/m1/s1. The second-order valence-corrected chi connectivity index (χ2v) is 11.6. The van der Waals surface area contributed by atoms with Crippen LogP contribution >= 0.6 is 15.6 Å². The zero-order chi connectivity index (χ0) is 30.7. The van der Waals surface area contributed by atoms with Crippen molar-refractivity contribution in [3.63, 3.8) is 0 Å². The van der Waals surface area contributed by atoms with Gasteiger partial charge in [-0.05, 0) is 5.53 Å². The van der Waals surface area contributed by atoms with Crippen LogP contribution in [0.3, 0.4) is 0 Å². The van der Waals surface area contributed by atoms with Crippen LogP contribution in [0.1, 0.15) is 13.2 Å². The Hall–Kier alpha value is -2.52. The van der Waals surface area contributed by atoms with Crippen LogP contribution in [-0.2, 0) is 36.8 Å². The number of amides is 1. The quantitative estimate of drug-likeness (QED) is 0.0511. The number of aromatic nitrogens is 2. The lowest BCUT2D eigenvalue weighted by Gasteiger charge is -2.42. The zero-order valence-corrected chi connectivity index (χ0v) is 22.5. The van der Waals surface area contributed by atoms with Gasteiger partial charge in [0, 0.05) is 24.1 Å². The van der Waals surface area contributed by atoms with E-state index in [1.807, 2.05) is 4.98 Å². The predicted octanol–water partition coefficient (Wildman–Crippen LogP) is -3.33. The Bertz CT molecular complexity index is 1370. The van der Waals surface area contributed by atoms with Gasteiger partial charge in [0.05, 0.1) is 19.3 Å². The van der Waals surface area contributed by atoms with E-state index in [0.29, 0.717) is 0 Å². The maximum absolute atomic E-state index is 12.5. The van der Waals surface area contributed by atoms with Crippen molar-refractivity contribution in [3.05, 3.63) is 43.5 Å². The average Bonchev–Trinajstić information content (AvgIpc) is 3.14. The number of carbonyl (C=O) groups is 1. The molecule has 11 atom stereocenters. The first-order chi connectivity index (χ1) is 19.0. The first-order valence-electron chi connectivity index (χ1n) is 11.4. The molecule has 41 heavy (non-hydrogen) atoms. The number of ether oxygens (including phenoxy) is 2. The number of H-pyrrole nitrogens is 1. The van der Waals surface area contributed by atoms with Gasteiger partial charge in [-0.3, -0.25) is 28.2 Å². The summed E-state index contributed by atoms with van der Waals surface area (Å²) in [6, 6.07) is -0.794. The van der Waals surface area contributed by atoms with Crippen molar-refractivity contribution in [1.82, 2.24) is 14.9 Å². The topological polar surface area (TPSA) is 334 Å². The number of aliphatic hydroxyl groups excluding tert-OH is 4. The summed E-state index contributed by atoms with van der Waals surface area (Å²) in [5.74, 6) is -0.809. The Labute approximate surface area is 227 Å². The van der Waals surface area contributed by atoms with Crippen LogP contribution in [0.15, 0.2) is 27.0 Å². The lowest BCUT2D eigenvalue weighted by Crippen LogP contribution is -2.64. The Kier molecular flexibility index (Phi) is 10.6. The monoisotopic (exact) mass is 632 g/mol. The number of aromatic amines is 1. The minimum Gasteiger partial charge on any atom is -0.388 e. The number of azide groups is 1. The van der Waals surface area contributed by atoms with Gasteiger partial charge < -0.3 is 45.0 Å². The van der Waals surface area contributed by atoms with Gasteiger partial charge in [0.2, 0.25) is 5.91 Å². The Morgan fingerprint density at radius 3 is 2.39 bits per heavy atom. The summed E-state index contributed by atoms with van der Waals surface area (Å²) in [7, 11) is -11.2. The molecule has 8 N–H and O–H groups in total. The van der Waals surface area contributed by atoms with E-state index < -0.39 is 101 Å². The highest BCUT2D eigenvalue weighted by atomic mass is 31.3. The van der Waals surface area contributed by atoms with E-state index in [1.54, 1.807) is 0 Å². The molecule has 24 heteroatoms. The van der Waals surface area contributed by atoms with Crippen molar-refractivity contribution in [2.75, 3.05) is 13.2 Å². The van der Waals surface area contributed by atoms with Crippen molar-refractivity contribution in [2.24, 2.45) is 5.11 Å². The summed E-state index contributed by atoms with van der Waals surface area (Å²) in [5, 5.41) is 46.2. The molecule has 230 valence electrons. The molecule has 2 aliphatic rings. The zero-order valence-electron chi connectivity index (χ0n) is 20.7. The first kappa shape index (κ1) is 33.0. The molecule has 0 aliphatic carbocycles. The fourth-order valence-corrected chi connectivity index (χ4v) is 6.04. The minimum absolute atomic E-state index is 0.596. The van der Waals surface area contributed by atoms with E-state index in [1.165, 1.54) is 0 Å². The number of nitrogens with one attached hydrogen (secondary N) is 2. The fourth-order valence-electron chi connectivity index (χ4n) is 3.87. The lowest BCUT2D eigenvalue weighted by molar-refractivity contribution is -0.238. The summed E-state index contributed by atoms with van der Waals surface area (Å²) in [4.78, 5) is 59.1. The smallest absolute Gasteiger partial charge is 0.388 e. The maximum atomic E-state index is 12.5. The number of aliphatic hydroxyl groups is 4. The van der Waals surface area contributed by atoms with Gasteiger partial charge in [-0.1, -0.05) is 5.11 Å². The Morgan fingerprint density at radius 1 is 1.12 bits per heavy atom. The van der Waals surface area contributed by atoms with Crippen molar-refractivity contribution >= 4 is 21.6 Å². The summed E-state index contributed by atoms with van der Waals surface area (Å²) >= 11 is 0. The van der Waals surface area contributed by atoms with Gasteiger partial charge in [0.1, 0.15) is 36.6 Å². The van der Waals surface area contributed by atoms with Crippen LogP contribution in [-0.4, -0.2) is 108 Å². The molecule has 0 spiro atoms. The predicted molar refractivity (Wildman–Crippen MR) is 127 cm³/mol. The van der Waals surface area contributed by atoms with E-state index in [4.69, 9.17) is 19.5 Å². The number of phosphoric ester groups is 2. The van der Waals surface area contributed by atoms with Gasteiger partial charge in [-0.15, -0.1) is 0 Å². The van der Waals surface area contributed by atoms with Crippen molar-refractivity contribution in [1.29, 1.82) is 0 Å². The molecular formula is C17H26N6O16P2. The third-order valence-electron chi connectivity index (χ3n) is 5.70. The molecule has 8 unspecified atom stereocenters. The average molecular weight is 632 g/mol. The van der Waals surface area contributed by atoms with Crippen LogP contribution in [0.4, 0.5) is 0 Å². The lowest BCUT2D eigenvalue weighted by atomic mass is 9.97. The second kappa shape index (κ2) is 13.2. The summed E-state index contributed by atoms with van der Waals surface area (Å²) < 4.78 is 49.6. The van der Waals surface area contributed by atoms with Crippen molar-refractivity contribution < 1.29 is 67.0 Å². The van der Waals surface area contributed by atoms with Crippen LogP contribution in [0.2, 0.25) is 0 Å². The molecule has 2 aliphatic heterocycles. The number of hydrogen-bond donors (Lipinski definition) is 8. The molecule has 22 nitrogen and oxygen atoms in total. The molecule has 1 aromatic rings. The minimum atomic E-state index is -5.66. The highest BCUT2D eigenvalue weighted by Gasteiger charge is 2.50. The SMILES string of the molecule is CC(=O)NC1C(OP(=O)(O)OP(=O)(O)OC[C@H]2O[C@@H](n3ccc(=O)[nH]c3=O)[C@@H](O)C2O)OC(CN=[N+]=[N-])C(O)C1O. The van der Waals surface area contributed by atoms with Gasteiger partial charge >= 0.3 is 21.3 Å². The van der Waals surface area contributed by atoms with Crippen molar-refractivity contribution in [3.8, 4) is 0 Å². The number of nitrogens with zero attached hydrogens (tertiary/aromatic N) is 4. The normalized spacial score (nSPS) is 34.7. The maximum Gasteiger partial charge on any atom is 0.483 e. The number of carbonyl (C=O) groups excluding carboxylic acids is 1. The highest BCUT2D eigenvalue weighted by molar-refractivity contribution is 7.61. The molecule has 0 bridgehead atoms. The molecule has 3 rings (SSSR count). The van der Waals surface area contributed by atoms with Crippen molar-refractivity contribution in [2.45, 2.75) is 62.1 Å². The number of hydrogen-bond acceptors (Lipinski definition) is 15. The molecule has 0 aromatic carbocycles. The molecule has 0 saturated carbocycles. The van der Waals surface area contributed by atoms with Crippen LogP contribution in [0, 0.1) is 0 Å². The van der Waals surface area contributed by atoms with E-state index in [9.17, 15) is 53.7 Å². The van der Waals surface area contributed by atoms with Crippen LogP contribution in [0.5, 0.6) is 0 Å². The molecule has 1 aromatic heterocycles. The molecule has 0 radical (unpaired) electrons. The first-order valence-corrected chi connectivity index (χ1v) is 14.4. The molecular weight excluding hydrogens is 606 g/mol. The number of phosphoric acid groups is 2. The fraction of sp³-hybridized carbons (Fsp3) is 0.706. The Morgan fingerprint density at radius 2 is 1.78 bits per heavy atom. The van der Waals surface area contributed by atoms with Gasteiger partial charge in [0.15, 0.2) is 12.5 Å².